The van der Waals surface area contributed by atoms with Gasteiger partial charge in [0.1, 0.15) is 5.82 Å². The third-order valence-electron chi connectivity index (χ3n) is 2.23. The van der Waals surface area contributed by atoms with Gasteiger partial charge in [-0.05, 0) is 40.8 Å². The number of alkyl halides is 3. The van der Waals surface area contributed by atoms with Crippen molar-refractivity contribution in [3.05, 3.63) is 27.6 Å². The average molecular weight is 357 g/mol. The molecule has 0 unspecified atom stereocenters. The summed E-state index contributed by atoms with van der Waals surface area (Å²) in [5, 5.41) is 0. The number of hydrogen-bond acceptors (Lipinski definition) is 1. The SMILES string of the molecule is FC(F)Cn1c(CCl)nc2cc(I)ccc21. The van der Waals surface area contributed by atoms with Gasteiger partial charge in [0.25, 0.3) is 6.43 Å². The third-order valence-corrected chi connectivity index (χ3v) is 3.14. The minimum absolute atomic E-state index is 0.137. The van der Waals surface area contributed by atoms with Gasteiger partial charge in [-0.25, -0.2) is 13.8 Å². The summed E-state index contributed by atoms with van der Waals surface area (Å²) in [6, 6.07) is 5.51. The van der Waals surface area contributed by atoms with Crippen LogP contribution in [-0.2, 0) is 12.4 Å². The van der Waals surface area contributed by atoms with Crippen LogP contribution in [0.15, 0.2) is 18.2 Å². The van der Waals surface area contributed by atoms with E-state index in [2.05, 4.69) is 27.6 Å². The largest absolute Gasteiger partial charge is 0.321 e. The van der Waals surface area contributed by atoms with Crippen molar-refractivity contribution in [2.24, 2.45) is 0 Å². The fourth-order valence-electron chi connectivity index (χ4n) is 1.60. The van der Waals surface area contributed by atoms with Gasteiger partial charge in [0.15, 0.2) is 0 Å². The molecule has 0 radical (unpaired) electrons. The molecular weight excluding hydrogens is 348 g/mol. The molecule has 16 heavy (non-hydrogen) atoms. The summed E-state index contributed by atoms with van der Waals surface area (Å²) in [4.78, 5) is 4.24. The lowest BCUT2D eigenvalue weighted by molar-refractivity contribution is 0.127. The summed E-state index contributed by atoms with van der Waals surface area (Å²) in [7, 11) is 0. The van der Waals surface area contributed by atoms with E-state index in [0.717, 1.165) is 3.57 Å². The van der Waals surface area contributed by atoms with E-state index in [1.807, 2.05) is 12.1 Å². The van der Waals surface area contributed by atoms with Crippen molar-refractivity contribution in [2.75, 3.05) is 0 Å². The van der Waals surface area contributed by atoms with Crippen molar-refractivity contribution < 1.29 is 8.78 Å². The highest BCUT2D eigenvalue weighted by Gasteiger charge is 2.13. The molecule has 86 valence electrons. The van der Waals surface area contributed by atoms with Gasteiger partial charge in [-0.3, -0.25) is 0 Å². The zero-order valence-corrected chi connectivity index (χ0v) is 11.0. The molecule has 0 N–H and O–H groups in total. The first kappa shape index (κ1) is 12.0. The molecule has 0 aliphatic carbocycles. The van der Waals surface area contributed by atoms with Crippen molar-refractivity contribution in [1.29, 1.82) is 0 Å². The standard InChI is InChI=1S/C10H8ClF2IN2/c11-4-10-15-7-3-6(14)1-2-8(7)16(10)5-9(12)13/h1-3,9H,4-5H2. The molecule has 1 heterocycles. The van der Waals surface area contributed by atoms with Crippen molar-refractivity contribution in [3.63, 3.8) is 0 Å². The number of hydrogen-bond donors (Lipinski definition) is 0. The Morgan fingerprint density at radius 1 is 1.44 bits per heavy atom. The van der Waals surface area contributed by atoms with Crippen LogP contribution < -0.4 is 0 Å². The molecule has 0 bridgehead atoms. The Morgan fingerprint density at radius 2 is 2.19 bits per heavy atom. The molecule has 2 nitrogen and oxygen atoms in total. The van der Waals surface area contributed by atoms with Crippen LogP contribution in [0, 0.1) is 3.57 Å². The Morgan fingerprint density at radius 3 is 2.81 bits per heavy atom. The van der Waals surface area contributed by atoms with Gasteiger partial charge in [0.05, 0.1) is 23.5 Å². The van der Waals surface area contributed by atoms with E-state index < -0.39 is 6.43 Å². The van der Waals surface area contributed by atoms with Gasteiger partial charge in [-0.1, -0.05) is 0 Å². The lowest BCUT2D eigenvalue weighted by Crippen LogP contribution is -2.09. The van der Waals surface area contributed by atoms with Gasteiger partial charge in [-0.2, -0.15) is 0 Å². The summed E-state index contributed by atoms with van der Waals surface area (Å²) in [5.74, 6) is 0.622. The second-order valence-electron chi connectivity index (χ2n) is 3.30. The monoisotopic (exact) mass is 356 g/mol. The number of benzene rings is 1. The van der Waals surface area contributed by atoms with Crippen molar-refractivity contribution in [1.82, 2.24) is 9.55 Å². The van der Waals surface area contributed by atoms with Crippen LogP contribution in [0.2, 0.25) is 0 Å². The Hall–Kier alpha value is -0.430. The number of nitrogens with zero attached hydrogens (tertiary/aromatic N) is 2. The first-order chi connectivity index (χ1) is 7.61. The van der Waals surface area contributed by atoms with Crippen LogP contribution in [0.25, 0.3) is 11.0 Å². The van der Waals surface area contributed by atoms with Crippen LogP contribution in [0.3, 0.4) is 0 Å². The van der Waals surface area contributed by atoms with Gasteiger partial charge in [-0.15, -0.1) is 11.6 Å². The molecular formula is C10H8ClF2IN2. The molecule has 0 fully saturated rings. The first-order valence-corrected chi connectivity index (χ1v) is 6.22. The molecule has 0 aliphatic rings. The third kappa shape index (κ3) is 2.29. The van der Waals surface area contributed by atoms with Gasteiger partial charge in [0.2, 0.25) is 0 Å². The highest BCUT2D eigenvalue weighted by Crippen LogP contribution is 2.21. The van der Waals surface area contributed by atoms with E-state index in [1.165, 1.54) is 4.57 Å². The molecule has 0 spiro atoms. The number of halogens is 4. The average Bonchev–Trinajstić information content (AvgIpc) is 2.55. The Balaban J connectivity index is 2.59. The highest BCUT2D eigenvalue weighted by atomic mass is 127. The molecule has 1 aromatic carbocycles. The summed E-state index contributed by atoms with van der Waals surface area (Å²) in [5.41, 5.74) is 1.42. The first-order valence-electron chi connectivity index (χ1n) is 4.60. The predicted molar refractivity (Wildman–Crippen MR) is 68.0 cm³/mol. The van der Waals surface area contributed by atoms with Crippen molar-refractivity contribution in [3.8, 4) is 0 Å². The minimum Gasteiger partial charge on any atom is -0.321 e. The summed E-state index contributed by atoms with van der Waals surface area (Å²) >= 11 is 7.85. The molecule has 1 aromatic heterocycles. The van der Waals surface area contributed by atoms with E-state index in [4.69, 9.17) is 11.6 Å². The number of rotatable bonds is 3. The van der Waals surface area contributed by atoms with E-state index in [0.29, 0.717) is 16.9 Å². The van der Waals surface area contributed by atoms with E-state index >= 15 is 0 Å². The minimum atomic E-state index is -2.40. The maximum Gasteiger partial charge on any atom is 0.256 e. The highest BCUT2D eigenvalue weighted by molar-refractivity contribution is 14.1. The summed E-state index contributed by atoms with van der Waals surface area (Å²) in [6.45, 7) is -0.362. The fraction of sp³-hybridized carbons (Fsp3) is 0.300. The maximum absolute atomic E-state index is 12.4. The van der Waals surface area contributed by atoms with E-state index in [9.17, 15) is 8.78 Å². The van der Waals surface area contributed by atoms with Crippen LogP contribution in [0.5, 0.6) is 0 Å². The van der Waals surface area contributed by atoms with Gasteiger partial charge in [0, 0.05) is 3.57 Å². The zero-order chi connectivity index (χ0) is 11.7. The second-order valence-corrected chi connectivity index (χ2v) is 4.81. The topological polar surface area (TPSA) is 17.8 Å². The normalized spacial score (nSPS) is 11.6. The fourth-order valence-corrected chi connectivity index (χ4v) is 2.28. The molecule has 6 heteroatoms. The molecule has 0 atom stereocenters. The van der Waals surface area contributed by atoms with E-state index in [-0.39, 0.29) is 12.4 Å². The number of fused-ring (bicyclic) bond motifs is 1. The van der Waals surface area contributed by atoms with Gasteiger partial charge < -0.3 is 4.57 Å². The Kier molecular flexibility index (Phi) is 3.63. The second kappa shape index (κ2) is 4.83. The molecule has 0 saturated heterocycles. The van der Waals surface area contributed by atoms with Crippen molar-refractivity contribution >= 4 is 45.2 Å². The molecule has 2 aromatic rings. The molecule has 0 amide bonds. The predicted octanol–water partition coefficient (Wildman–Crippen LogP) is 3.64. The van der Waals surface area contributed by atoms with Gasteiger partial charge >= 0.3 is 0 Å². The lowest BCUT2D eigenvalue weighted by Gasteiger charge is -2.06. The van der Waals surface area contributed by atoms with Crippen LogP contribution in [0.4, 0.5) is 8.78 Å². The quantitative estimate of drug-likeness (QED) is 0.606. The van der Waals surface area contributed by atoms with Crippen LogP contribution >= 0.6 is 34.2 Å². The summed E-state index contributed by atoms with van der Waals surface area (Å²) < 4.78 is 27.4. The van der Waals surface area contributed by atoms with Crippen molar-refractivity contribution in [2.45, 2.75) is 18.9 Å². The zero-order valence-electron chi connectivity index (χ0n) is 8.13. The molecule has 2 rings (SSSR count). The van der Waals surface area contributed by atoms with Crippen LogP contribution in [0.1, 0.15) is 5.82 Å². The van der Waals surface area contributed by atoms with E-state index in [1.54, 1.807) is 6.07 Å². The maximum atomic E-state index is 12.4. The molecule has 0 aliphatic heterocycles. The summed E-state index contributed by atoms with van der Waals surface area (Å²) in [6.07, 6.45) is -2.40. The number of aromatic nitrogens is 2. The Labute approximate surface area is 110 Å². The number of imidazole rings is 1. The Bertz CT molecular complexity index is 513. The smallest absolute Gasteiger partial charge is 0.256 e. The molecule has 0 saturated carbocycles. The lowest BCUT2D eigenvalue weighted by atomic mass is 10.3. The van der Waals surface area contributed by atoms with Crippen LogP contribution in [-0.4, -0.2) is 16.0 Å².